The van der Waals surface area contributed by atoms with Crippen LogP contribution in [0.15, 0.2) is 27.8 Å². The van der Waals surface area contributed by atoms with Crippen LogP contribution in [-0.2, 0) is 29.2 Å². The molecule has 2 heterocycles. The lowest BCUT2D eigenvalue weighted by atomic mass is 10.1. The molecule has 3 rings (SSSR count). The highest BCUT2D eigenvalue weighted by atomic mass is 19.1. The Labute approximate surface area is 199 Å². The molecule has 0 fully saturated rings. The zero-order valence-electron chi connectivity index (χ0n) is 19.5. The van der Waals surface area contributed by atoms with E-state index in [1.807, 2.05) is 6.07 Å². The molecular weight excluding hydrogens is 457 g/mol. The number of imidazole rings is 1. The molecule has 2 N–H and O–H groups in total. The number of carbonyl (C=O) groups excluding carboxylic acids is 1. The molecule has 0 saturated carbocycles. The highest BCUT2D eigenvalue weighted by Crippen LogP contribution is 2.18. The maximum absolute atomic E-state index is 13.8. The Morgan fingerprint density at radius 2 is 2.03 bits per heavy atom. The second-order valence-corrected chi connectivity index (χ2v) is 7.55. The van der Waals surface area contributed by atoms with Crippen molar-refractivity contribution in [2.75, 3.05) is 32.1 Å². The third-order valence-electron chi connectivity index (χ3n) is 5.35. The van der Waals surface area contributed by atoms with Gasteiger partial charge in [0.05, 0.1) is 31.8 Å². The van der Waals surface area contributed by atoms with Crippen molar-refractivity contribution in [1.29, 1.82) is 5.26 Å². The summed E-state index contributed by atoms with van der Waals surface area (Å²) in [6, 6.07) is 5.40. The van der Waals surface area contributed by atoms with Gasteiger partial charge in [-0.3, -0.25) is 19.0 Å². The van der Waals surface area contributed by atoms with E-state index < -0.39 is 29.4 Å². The van der Waals surface area contributed by atoms with Crippen LogP contribution in [0.4, 0.5) is 10.3 Å². The van der Waals surface area contributed by atoms with E-state index in [2.05, 4.69) is 16.8 Å². The van der Waals surface area contributed by atoms with E-state index >= 15 is 0 Å². The topological polar surface area (TPSA) is 141 Å². The fraction of sp³-hybridized carbons (Fsp3) is 0.348. The molecule has 1 aromatic carbocycles. The van der Waals surface area contributed by atoms with Crippen molar-refractivity contribution in [3.8, 4) is 17.9 Å². The van der Waals surface area contributed by atoms with Gasteiger partial charge in [0.2, 0.25) is 5.95 Å². The largest absolute Gasteiger partial charge is 0.468 e. The molecule has 0 bridgehead atoms. The van der Waals surface area contributed by atoms with E-state index in [4.69, 9.17) is 10.5 Å². The van der Waals surface area contributed by atoms with E-state index in [9.17, 15) is 24.0 Å². The Bertz CT molecular complexity index is 1500. The Kier molecular flexibility index (Phi) is 7.69. The monoisotopic (exact) mass is 481 g/mol. The van der Waals surface area contributed by atoms with Crippen LogP contribution in [0.2, 0.25) is 0 Å². The maximum Gasteiger partial charge on any atom is 0.327 e. The SMILES string of the molecule is CC#CCn1c(N(C)CCN)nc2c(=O)n(CC(=O)OC)n(Cc3ccc(F)cc3C#N)c(=O)c21. The summed E-state index contributed by atoms with van der Waals surface area (Å²) in [7, 11) is 2.87. The van der Waals surface area contributed by atoms with Crippen molar-refractivity contribution in [2.24, 2.45) is 5.73 Å². The van der Waals surface area contributed by atoms with Crippen LogP contribution in [0, 0.1) is 29.0 Å². The molecule has 0 saturated heterocycles. The van der Waals surface area contributed by atoms with Gasteiger partial charge in [0.1, 0.15) is 17.9 Å². The average molecular weight is 481 g/mol. The quantitative estimate of drug-likeness (QED) is 0.350. The maximum atomic E-state index is 13.8. The van der Waals surface area contributed by atoms with E-state index in [-0.39, 0.29) is 35.2 Å². The number of nitrogens with zero attached hydrogens (tertiary/aromatic N) is 6. The van der Waals surface area contributed by atoms with Crippen molar-refractivity contribution in [1.82, 2.24) is 18.9 Å². The molecular formula is C23H24FN7O4. The molecule has 0 radical (unpaired) electrons. The molecule has 0 aliphatic carbocycles. The van der Waals surface area contributed by atoms with Gasteiger partial charge in [0, 0.05) is 20.1 Å². The molecule has 0 spiro atoms. The minimum absolute atomic E-state index is 0.0113. The van der Waals surface area contributed by atoms with Gasteiger partial charge in [-0.05, 0) is 24.6 Å². The smallest absolute Gasteiger partial charge is 0.327 e. The van der Waals surface area contributed by atoms with Crippen LogP contribution < -0.4 is 21.8 Å². The summed E-state index contributed by atoms with van der Waals surface area (Å²) in [5.41, 5.74) is 4.43. The van der Waals surface area contributed by atoms with Gasteiger partial charge in [-0.1, -0.05) is 12.0 Å². The lowest BCUT2D eigenvalue weighted by molar-refractivity contribution is -0.141. The molecule has 3 aromatic rings. The first-order valence-corrected chi connectivity index (χ1v) is 10.6. The lowest BCUT2D eigenvalue weighted by Gasteiger charge is -2.18. The predicted octanol–water partition coefficient (Wildman–Crippen LogP) is 0.00998. The van der Waals surface area contributed by atoms with Crippen LogP contribution >= 0.6 is 0 Å². The Hall–Kier alpha value is -4.42. The summed E-state index contributed by atoms with van der Waals surface area (Å²) in [6.07, 6.45) is 0. The molecule has 182 valence electrons. The lowest BCUT2D eigenvalue weighted by Crippen LogP contribution is -2.41. The first kappa shape index (κ1) is 25.2. The van der Waals surface area contributed by atoms with Crippen molar-refractivity contribution in [2.45, 2.75) is 26.6 Å². The summed E-state index contributed by atoms with van der Waals surface area (Å²) < 4.78 is 21.8. The third-order valence-corrected chi connectivity index (χ3v) is 5.35. The van der Waals surface area contributed by atoms with Crippen molar-refractivity contribution >= 4 is 23.0 Å². The van der Waals surface area contributed by atoms with Gasteiger partial charge < -0.3 is 15.4 Å². The number of nitrogens with two attached hydrogens (primary N) is 1. The number of halogens is 1. The zero-order valence-corrected chi connectivity index (χ0v) is 19.5. The number of likely N-dealkylation sites (N-methyl/N-ethyl adjacent to an activating group) is 1. The van der Waals surface area contributed by atoms with E-state index in [1.54, 1.807) is 18.9 Å². The molecule has 0 atom stereocenters. The summed E-state index contributed by atoms with van der Waals surface area (Å²) in [5, 5.41) is 9.43. The molecule has 0 unspecified atom stereocenters. The number of methoxy groups -OCH3 is 1. The normalized spacial score (nSPS) is 10.5. The van der Waals surface area contributed by atoms with Crippen molar-refractivity contribution < 1.29 is 13.9 Å². The summed E-state index contributed by atoms with van der Waals surface area (Å²) >= 11 is 0. The zero-order chi connectivity index (χ0) is 25.7. The van der Waals surface area contributed by atoms with Gasteiger partial charge in [-0.25, -0.2) is 18.7 Å². The number of rotatable bonds is 8. The van der Waals surface area contributed by atoms with E-state index in [1.165, 1.54) is 10.6 Å². The predicted molar refractivity (Wildman–Crippen MR) is 126 cm³/mol. The third kappa shape index (κ3) is 4.93. The second-order valence-electron chi connectivity index (χ2n) is 7.55. The highest BCUT2D eigenvalue weighted by Gasteiger charge is 2.24. The van der Waals surface area contributed by atoms with Crippen LogP contribution in [0.1, 0.15) is 18.1 Å². The number of hydrogen-bond donors (Lipinski definition) is 1. The summed E-state index contributed by atoms with van der Waals surface area (Å²) in [5.74, 6) is 4.55. The minimum Gasteiger partial charge on any atom is -0.468 e. The molecule has 0 aliphatic heterocycles. The van der Waals surface area contributed by atoms with Gasteiger partial charge >= 0.3 is 5.97 Å². The standard InChI is InChI=1S/C23H24FN7O4/c1-4-5-9-29-20-19(27-23(29)28(2)10-8-25)21(33)31(14-18(32)35-3)30(22(20)34)13-15-6-7-17(24)11-16(15)12-26/h6-7,11H,8-10,13-14,25H2,1-3H3. The van der Waals surface area contributed by atoms with Crippen LogP contribution in [0.25, 0.3) is 11.0 Å². The summed E-state index contributed by atoms with van der Waals surface area (Å²) in [6.45, 7) is 1.57. The van der Waals surface area contributed by atoms with Crippen LogP contribution in [0.3, 0.4) is 0 Å². The number of fused-ring (bicyclic) bond motifs is 1. The van der Waals surface area contributed by atoms with Gasteiger partial charge in [-0.2, -0.15) is 5.26 Å². The molecule has 0 aliphatic rings. The second kappa shape index (κ2) is 10.7. The number of ether oxygens (including phenoxy) is 1. The molecule has 11 nitrogen and oxygen atoms in total. The Morgan fingerprint density at radius 1 is 1.29 bits per heavy atom. The number of hydrogen-bond acceptors (Lipinski definition) is 8. The van der Waals surface area contributed by atoms with E-state index in [0.717, 1.165) is 28.6 Å². The first-order valence-electron chi connectivity index (χ1n) is 10.6. The average Bonchev–Trinajstić information content (AvgIpc) is 3.23. The minimum atomic E-state index is -0.768. The molecule has 12 heteroatoms. The first-order chi connectivity index (χ1) is 16.8. The number of carbonyl (C=O) groups is 1. The Balaban J connectivity index is 2.39. The number of anilines is 1. The van der Waals surface area contributed by atoms with Gasteiger partial charge in [-0.15, -0.1) is 5.92 Å². The number of nitriles is 1. The van der Waals surface area contributed by atoms with Crippen molar-refractivity contribution in [3.63, 3.8) is 0 Å². The molecule has 35 heavy (non-hydrogen) atoms. The van der Waals surface area contributed by atoms with Crippen molar-refractivity contribution in [3.05, 3.63) is 55.9 Å². The number of aromatic nitrogens is 4. The van der Waals surface area contributed by atoms with E-state index in [0.29, 0.717) is 19.0 Å². The number of esters is 1. The van der Waals surface area contributed by atoms with Gasteiger partial charge in [0.15, 0.2) is 5.52 Å². The fourth-order valence-corrected chi connectivity index (χ4v) is 3.62. The van der Waals surface area contributed by atoms with Gasteiger partial charge in [0.25, 0.3) is 11.1 Å². The molecule has 0 amide bonds. The summed E-state index contributed by atoms with van der Waals surface area (Å²) in [4.78, 5) is 45.4. The molecule has 2 aromatic heterocycles. The Morgan fingerprint density at radius 3 is 2.66 bits per heavy atom. The fourth-order valence-electron chi connectivity index (χ4n) is 3.62. The number of benzene rings is 1. The van der Waals surface area contributed by atoms with Crippen LogP contribution in [0.5, 0.6) is 0 Å². The van der Waals surface area contributed by atoms with Crippen LogP contribution in [-0.4, -0.2) is 52.1 Å². The highest BCUT2D eigenvalue weighted by molar-refractivity contribution is 5.78.